The van der Waals surface area contributed by atoms with Gasteiger partial charge < -0.3 is 11.1 Å². The highest BCUT2D eigenvalue weighted by atomic mass is 79.9. The minimum Gasteiger partial charge on any atom is -0.370 e. The van der Waals surface area contributed by atoms with Crippen LogP contribution < -0.4 is 11.1 Å². The summed E-state index contributed by atoms with van der Waals surface area (Å²) in [5.74, 6) is -1.40. The van der Waals surface area contributed by atoms with E-state index in [1.807, 2.05) is 0 Å². The average molecular weight is 317 g/mol. The summed E-state index contributed by atoms with van der Waals surface area (Å²) < 4.78 is 13.8. The molecule has 0 spiro atoms. The quantitative estimate of drug-likeness (QED) is 0.788. The molecule has 1 aromatic carbocycles. The maximum Gasteiger partial charge on any atom is 0.254 e. The fourth-order valence-corrected chi connectivity index (χ4v) is 1.77. The topological polar surface area (TPSA) is 72.2 Å². The molecule has 0 heterocycles. The number of benzene rings is 1. The largest absolute Gasteiger partial charge is 0.370 e. The van der Waals surface area contributed by atoms with Gasteiger partial charge in [-0.2, -0.15) is 0 Å². The number of nitrogens with one attached hydrogen (secondary N) is 1. The van der Waals surface area contributed by atoms with Crippen molar-refractivity contribution in [2.24, 2.45) is 5.73 Å². The maximum absolute atomic E-state index is 13.6. The van der Waals surface area contributed by atoms with E-state index in [0.29, 0.717) is 25.8 Å². The molecule has 0 unspecified atom stereocenters. The molecule has 18 heavy (non-hydrogen) atoms. The Kier molecular flexibility index (Phi) is 5.77. The van der Waals surface area contributed by atoms with Gasteiger partial charge in [-0.05, 0) is 40.9 Å². The molecule has 2 amide bonds. The SMILES string of the molecule is NC(=O)CCCCNC(=O)c1cccc(Br)c1F. The summed E-state index contributed by atoms with van der Waals surface area (Å²) in [4.78, 5) is 22.1. The van der Waals surface area contributed by atoms with Gasteiger partial charge in [0.25, 0.3) is 5.91 Å². The van der Waals surface area contributed by atoms with E-state index < -0.39 is 11.7 Å². The standard InChI is InChI=1S/C12H14BrFN2O2/c13-9-5-3-4-8(11(9)14)12(18)16-7-2-1-6-10(15)17/h3-5H,1-2,6-7H2,(H2,15,17)(H,16,18). The lowest BCUT2D eigenvalue weighted by Crippen LogP contribution is -2.25. The fourth-order valence-electron chi connectivity index (χ4n) is 1.40. The first kappa shape index (κ1) is 14.6. The molecule has 0 aliphatic rings. The van der Waals surface area contributed by atoms with Gasteiger partial charge in [0.2, 0.25) is 5.91 Å². The summed E-state index contributed by atoms with van der Waals surface area (Å²) in [6.45, 7) is 0.387. The van der Waals surface area contributed by atoms with Crippen LogP contribution in [0.3, 0.4) is 0 Å². The van der Waals surface area contributed by atoms with Crippen LogP contribution in [0.15, 0.2) is 22.7 Å². The zero-order valence-corrected chi connectivity index (χ0v) is 11.3. The number of rotatable bonds is 6. The molecule has 0 radical (unpaired) electrons. The van der Waals surface area contributed by atoms with E-state index in [2.05, 4.69) is 21.2 Å². The smallest absolute Gasteiger partial charge is 0.254 e. The van der Waals surface area contributed by atoms with Crippen molar-refractivity contribution in [2.45, 2.75) is 19.3 Å². The van der Waals surface area contributed by atoms with E-state index in [1.54, 1.807) is 6.07 Å². The summed E-state index contributed by atoms with van der Waals surface area (Å²) >= 11 is 3.02. The van der Waals surface area contributed by atoms with Crippen LogP contribution in [0.25, 0.3) is 0 Å². The predicted molar refractivity (Wildman–Crippen MR) is 69.5 cm³/mol. The second kappa shape index (κ2) is 7.10. The van der Waals surface area contributed by atoms with Crippen molar-refractivity contribution in [3.8, 4) is 0 Å². The molecule has 1 rings (SSSR count). The van der Waals surface area contributed by atoms with E-state index in [0.717, 1.165) is 0 Å². The number of primary amides is 1. The molecule has 3 N–H and O–H groups in total. The lowest BCUT2D eigenvalue weighted by molar-refractivity contribution is -0.118. The number of amides is 2. The molecule has 0 bridgehead atoms. The monoisotopic (exact) mass is 316 g/mol. The number of carbonyl (C=O) groups excluding carboxylic acids is 2. The third kappa shape index (κ3) is 4.44. The molecule has 4 nitrogen and oxygen atoms in total. The Balaban J connectivity index is 2.41. The molecular weight excluding hydrogens is 303 g/mol. The predicted octanol–water partition coefficient (Wildman–Crippen LogP) is 1.97. The van der Waals surface area contributed by atoms with Crippen LogP contribution in [0, 0.1) is 5.82 Å². The molecule has 0 saturated carbocycles. The third-order valence-electron chi connectivity index (χ3n) is 2.33. The molecule has 0 fully saturated rings. The Labute approximate surface area is 113 Å². The van der Waals surface area contributed by atoms with Crippen molar-refractivity contribution in [1.82, 2.24) is 5.32 Å². The first-order valence-electron chi connectivity index (χ1n) is 5.53. The molecule has 0 atom stereocenters. The van der Waals surface area contributed by atoms with Gasteiger partial charge in [-0.25, -0.2) is 4.39 Å². The van der Waals surface area contributed by atoms with E-state index in [4.69, 9.17) is 5.73 Å². The normalized spacial score (nSPS) is 10.1. The first-order chi connectivity index (χ1) is 8.52. The van der Waals surface area contributed by atoms with Crippen molar-refractivity contribution >= 4 is 27.7 Å². The molecule has 1 aromatic rings. The van der Waals surface area contributed by atoms with Gasteiger partial charge in [0.15, 0.2) is 0 Å². The van der Waals surface area contributed by atoms with Crippen molar-refractivity contribution in [1.29, 1.82) is 0 Å². The average Bonchev–Trinajstić information content (AvgIpc) is 2.31. The minimum absolute atomic E-state index is 0.000670. The summed E-state index contributed by atoms with van der Waals surface area (Å²) in [7, 11) is 0. The Morgan fingerprint density at radius 3 is 2.72 bits per heavy atom. The van der Waals surface area contributed by atoms with Crippen molar-refractivity contribution in [3.05, 3.63) is 34.1 Å². The van der Waals surface area contributed by atoms with Crippen LogP contribution in [0.1, 0.15) is 29.6 Å². The Hall–Kier alpha value is -1.43. The van der Waals surface area contributed by atoms with Gasteiger partial charge in [0.1, 0.15) is 5.82 Å². The molecule has 0 saturated heterocycles. The Morgan fingerprint density at radius 2 is 2.06 bits per heavy atom. The van der Waals surface area contributed by atoms with Crippen LogP contribution in [0.4, 0.5) is 4.39 Å². The van der Waals surface area contributed by atoms with Gasteiger partial charge in [-0.1, -0.05) is 6.07 Å². The third-order valence-corrected chi connectivity index (χ3v) is 2.94. The van der Waals surface area contributed by atoms with Gasteiger partial charge in [-0.15, -0.1) is 0 Å². The molecule has 6 heteroatoms. The van der Waals surface area contributed by atoms with E-state index >= 15 is 0 Å². The highest BCUT2D eigenvalue weighted by Gasteiger charge is 2.12. The zero-order chi connectivity index (χ0) is 13.5. The number of halogens is 2. The van der Waals surface area contributed by atoms with E-state index in [1.165, 1.54) is 12.1 Å². The second-order valence-electron chi connectivity index (χ2n) is 3.78. The zero-order valence-electron chi connectivity index (χ0n) is 9.71. The van der Waals surface area contributed by atoms with Gasteiger partial charge in [-0.3, -0.25) is 9.59 Å². The highest BCUT2D eigenvalue weighted by molar-refractivity contribution is 9.10. The fraction of sp³-hybridized carbons (Fsp3) is 0.333. The number of nitrogens with two attached hydrogens (primary N) is 1. The number of carbonyl (C=O) groups is 2. The molecule has 98 valence electrons. The highest BCUT2D eigenvalue weighted by Crippen LogP contribution is 2.18. The summed E-state index contributed by atoms with van der Waals surface area (Å²) in [6.07, 6.45) is 1.53. The van der Waals surface area contributed by atoms with E-state index in [-0.39, 0.29) is 15.9 Å². The lowest BCUT2D eigenvalue weighted by atomic mass is 10.2. The van der Waals surface area contributed by atoms with Crippen LogP contribution in [0.5, 0.6) is 0 Å². The summed E-state index contributed by atoms with van der Waals surface area (Å²) in [6, 6.07) is 4.53. The van der Waals surface area contributed by atoms with Crippen molar-refractivity contribution < 1.29 is 14.0 Å². The molecular formula is C12H14BrFN2O2. The molecule has 0 aromatic heterocycles. The van der Waals surface area contributed by atoms with Gasteiger partial charge >= 0.3 is 0 Å². The summed E-state index contributed by atoms with van der Waals surface area (Å²) in [5.41, 5.74) is 4.98. The summed E-state index contributed by atoms with van der Waals surface area (Å²) in [5, 5.41) is 2.59. The van der Waals surface area contributed by atoms with Crippen molar-refractivity contribution in [2.75, 3.05) is 6.54 Å². The Bertz CT molecular complexity index is 452. The Morgan fingerprint density at radius 1 is 1.33 bits per heavy atom. The van der Waals surface area contributed by atoms with E-state index in [9.17, 15) is 14.0 Å². The molecule has 0 aliphatic carbocycles. The number of hydrogen-bond donors (Lipinski definition) is 2. The van der Waals surface area contributed by atoms with Crippen LogP contribution >= 0.6 is 15.9 Å². The first-order valence-corrected chi connectivity index (χ1v) is 6.32. The maximum atomic E-state index is 13.6. The number of hydrogen-bond acceptors (Lipinski definition) is 2. The lowest BCUT2D eigenvalue weighted by Gasteiger charge is -2.06. The van der Waals surface area contributed by atoms with Gasteiger partial charge in [0.05, 0.1) is 10.0 Å². The van der Waals surface area contributed by atoms with Crippen LogP contribution in [-0.4, -0.2) is 18.4 Å². The number of unbranched alkanes of at least 4 members (excludes halogenated alkanes) is 1. The minimum atomic E-state index is -0.577. The second-order valence-corrected chi connectivity index (χ2v) is 4.64. The van der Waals surface area contributed by atoms with Crippen molar-refractivity contribution in [3.63, 3.8) is 0 Å². The van der Waals surface area contributed by atoms with Crippen LogP contribution in [-0.2, 0) is 4.79 Å². The van der Waals surface area contributed by atoms with Gasteiger partial charge in [0, 0.05) is 13.0 Å². The molecule has 0 aliphatic heterocycles. The van der Waals surface area contributed by atoms with Crippen LogP contribution in [0.2, 0.25) is 0 Å².